The molecule has 0 aliphatic heterocycles. The van der Waals surface area contributed by atoms with Crippen LogP contribution >= 0.6 is 0 Å². The van der Waals surface area contributed by atoms with Gasteiger partial charge in [-0.05, 0) is 30.3 Å². The third-order valence-corrected chi connectivity index (χ3v) is 2.79. The summed E-state index contributed by atoms with van der Waals surface area (Å²) in [6.45, 7) is 0. The quantitative estimate of drug-likeness (QED) is 0.811. The molecular weight excluding hydrogens is 313 g/mol. The molecule has 0 fully saturated rings. The van der Waals surface area contributed by atoms with Crippen LogP contribution in [0.15, 0.2) is 48.5 Å². The Morgan fingerprint density at radius 3 is 2.09 bits per heavy atom. The molecular formula is C15H11F3N2O3. The molecule has 0 atom stereocenters. The van der Waals surface area contributed by atoms with Gasteiger partial charge in [-0.3, -0.25) is 9.59 Å². The maximum Gasteiger partial charge on any atom is 0.471 e. The van der Waals surface area contributed by atoms with E-state index in [1.54, 1.807) is 5.32 Å². The average molecular weight is 324 g/mol. The van der Waals surface area contributed by atoms with Crippen LogP contribution in [0.1, 0.15) is 10.4 Å². The normalized spacial score (nSPS) is 10.9. The Morgan fingerprint density at radius 2 is 1.52 bits per heavy atom. The molecule has 0 heterocycles. The second kappa shape index (κ2) is 6.39. The lowest BCUT2D eigenvalue weighted by Gasteiger charge is -2.13. The number of halogens is 3. The van der Waals surface area contributed by atoms with Gasteiger partial charge < -0.3 is 15.7 Å². The van der Waals surface area contributed by atoms with Gasteiger partial charge in [0.1, 0.15) is 5.75 Å². The van der Waals surface area contributed by atoms with Gasteiger partial charge in [0.05, 0.1) is 11.4 Å². The van der Waals surface area contributed by atoms with Crippen molar-refractivity contribution >= 4 is 23.2 Å². The van der Waals surface area contributed by atoms with Gasteiger partial charge in [-0.2, -0.15) is 13.2 Å². The summed E-state index contributed by atoms with van der Waals surface area (Å²) in [6, 6.07) is 10.9. The second-order valence-electron chi connectivity index (χ2n) is 4.50. The van der Waals surface area contributed by atoms with E-state index in [4.69, 9.17) is 0 Å². The zero-order valence-electron chi connectivity index (χ0n) is 11.5. The minimum atomic E-state index is -5.04. The molecule has 0 aromatic heterocycles. The van der Waals surface area contributed by atoms with Crippen LogP contribution in [-0.4, -0.2) is 23.1 Å². The number of carbonyl (C=O) groups is 2. The first kappa shape index (κ1) is 16.3. The SMILES string of the molecule is O=C(Nc1ccccc1NC(=O)C(F)(F)F)c1cccc(O)c1. The highest BCUT2D eigenvalue weighted by Gasteiger charge is 2.39. The van der Waals surface area contributed by atoms with Crippen molar-refractivity contribution in [3.63, 3.8) is 0 Å². The second-order valence-corrected chi connectivity index (χ2v) is 4.50. The summed E-state index contributed by atoms with van der Waals surface area (Å²) in [5.74, 6) is -2.91. The van der Waals surface area contributed by atoms with E-state index in [0.717, 1.165) is 0 Å². The maximum atomic E-state index is 12.3. The molecule has 0 spiro atoms. The lowest BCUT2D eigenvalue weighted by Crippen LogP contribution is -2.30. The molecule has 3 N–H and O–H groups in total. The Bertz CT molecular complexity index is 745. The van der Waals surface area contributed by atoms with Gasteiger partial charge in [0.2, 0.25) is 0 Å². The van der Waals surface area contributed by atoms with Gasteiger partial charge in [-0.1, -0.05) is 18.2 Å². The predicted molar refractivity (Wildman–Crippen MR) is 77.2 cm³/mol. The van der Waals surface area contributed by atoms with Gasteiger partial charge in [-0.15, -0.1) is 0 Å². The van der Waals surface area contributed by atoms with Crippen LogP contribution in [0.5, 0.6) is 5.75 Å². The van der Waals surface area contributed by atoms with Crippen molar-refractivity contribution in [3.8, 4) is 5.75 Å². The van der Waals surface area contributed by atoms with Crippen molar-refractivity contribution in [3.05, 3.63) is 54.1 Å². The molecule has 0 unspecified atom stereocenters. The largest absolute Gasteiger partial charge is 0.508 e. The predicted octanol–water partition coefficient (Wildman–Crippen LogP) is 3.15. The van der Waals surface area contributed by atoms with Gasteiger partial charge in [0.25, 0.3) is 5.91 Å². The summed E-state index contributed by atoms with van der Waals surface area (Å²) < 4.78 is 36.9. The standard InChI is InChI=1S/C15H11F3N2O3/c16-15(17,18)14(23)20-12-7-2-1-6-11(12)19-13(22)9-4-3-5-10(21)8-9/h1-8,21H,(H,19,22)(H,20,23). The van der Waals surface area contributed by atoms with E-state index in [-0.39, 0.29) is 22.7 Å². The number of aromatic hydroxyl groups is 1. The summed E-state index contributed by atoms with van der Waals surface area (Å²) in [7, 11) is 0. The molecule has 0 saturated heterocycles. The van der Waals surface area contributed by atoms with Crippen LogP contribution in [0.25, 0.3) is 0 Å². The Balaban J connectivity index is 2.21. The average Bonchev–Trinajstić information content (AvgIpc) is 2.48. The molecule has 2 aromatic carbocycles. The lowest BCUT2D eigenvalue weighted by molar-refractivity contribution is -0.167. The summed E-state index contributed by atoms with van der Waals surface area (Å²) in [4.78, 5) is 23.0. The topological polar surface area (TPSA) is 78.4 Å². The highest BCUT2D eigenvalue weighted by atomic mass is 19.4. The van der Waals surface area contributed by atoms with Crippen molar-refractivity contribution < 1.29 is 27.9 Å². The first-order chi connectivity index (χ1) is 10.8. The Morgan fingerprint density at radius 1 is 0.913 bits per heavy atom. The van der Waals surface area contributed by atoms with E-state index in [2.05, 4.69) is 5.32 Å². The highest BCUT2D eigenvalue weighted by molar-refractivity contribution is 6.07. The molecule has 0 radical (unpaired) electrons. The molecule has 0 saturated carbocycles. The smallest absolute Gasteiger partial charge is 0.471 e. The number of amides is 2. The Labute approximate surface area is 128 Å². The van der Waals surface area contributed by atoms with E-state index >= 15 is 0 Å². The van der Waals surface area contributed by atoms with Crippen LogP contribution in [0, 0.1) is 0 Å². The minimum absolute atomic E-state index is 0.00144. The van der Waals surface area contributed by atoms with Crippen LogP contribution < -0.4 is 10.6 Å². The fourth-order valence-electron chi connectivity index (χ4n) is 1.74. The van der Waals surface area contributed by atoms with Gasteiger partial charge >= 0.3 is 12.1 Å². The fraction of sp³-hybridized carbons (Fsp3) is 0.0667. The number of para-hydroxylation sites is 2. The van der Waals surface area contributed by atoms with Crippen LogP contribution in [-0.2, 0) is 4.79 Å². The van der Waals surface area contributed by atoms with Crippen molar-refractivity contribution in [2.75, 3.05) is 10.6 Å². The molecule has 2 aromatic rings. The first-order valence-electron chi connectivity index (χ1n) is 6.35. The first-order valence-corrected chi connectivity index (χ1v) is 6.35. The number of alkyl halides is 3. The number of phenolic OH excluding ortho intramolecular Hbond substituents is 1. The Kier molecular flexibility index (Phi) is 4.54. The molecule has 8 heteroatoms. The molecule has 0 bridgehead atoms. The monoisotopic (exact) mass is 324 g/mol. The zero-order valence-corrected chi connectivity index (χ0v) is 11.5. The van der Waals surface area contributed by atoms with Crippen LogP contribution in [0.3, 0.4) is 0 Å². The van der Waals surface area contributed by atoms with E-state index < -0.39 is 18.0 Å². The molecule has 23 heavy (non-hydrogen) atoms. The van der Waals surface area contributed by atoms with Crippen molar-refractivity contribution in [1.29, 1.82) is 0 Å². The summed E-state index contributed by atoms with van der Waals surface area (Å²) in [5, 5.41) is 13.4. The molecule has 0 aliphatic carbocycles. The van der Waals surface area contributed by atoms with Crippen molar-refractivity contribution in [1.82, 2.24) is 0 Å². The number of hydrogen-bond donors (Lipinski definition) is 3. The Hall–Kier alpha value is -3.03. The van der Waals surface area contributed by atoms with Gasteiger partial charge in [0.15, 0.2) is 0 Å². The van der Waals surface area contributed by atoms with Gasteiger partial charge in [0, 0.05) is 5.56 Å². The number of hydrogen-bond acceptors (Lipinski definition) is 3. The lowest BCUT2D eigenvalue weighted by atomic mass is 10.2. The number of benzene rings is 2. The van der Waals surface area contributed by atoms with Crippen molar-refractivity contribution in [2.45, 2.75) is 6.18 Å². The van der Waals surface area contributed by atoms with Crippen molar-refractivity contribution in [2.24, 2.45) is 0 Å². The minimum Gasteiger partial charge on any atom is -0.508 e. The number of nitrogens with one attached hydrogen (secondary N) is 2. The summed E-state index contributed by atoms with van der Waals surface area (Å²) >= 11 is 0. The number of carbonyl (C=O) groups excluding carboxylic acids is 2. The van der Waals surface area contributed by atoms with Gasteiger partial charge in [-0.25, -0.2) is 0 Å². The molecule has 120 valence electrons. The molecule has 2 amide bonds. The number of rotatable bonds is 3. The van der Waals surface area contributed by atoms with E-state index in [0.29, 0.717) is 0 Å². The third kappa shape index (κ3) is 4.22. The van der Waals surface area contributed by atoms with E-state index in [1.165, 1.54) is 48.5 Å². The number of phenols is 1. The third-order valence-electron chi connectivity index (χ3n) is 2.79. The highest BCUT2D eigenvalue weighted by Crippen LogP contribution is 2.25. The van der Waals surface area contributed by atoms with Crippen LogP contribution in [0.4, 0.5) is 24.5 Å². The molecule has 5 nitrogen and oxygen atoms in total. The summed E-state index contributed by atoms with van der Waals surface area (Å²) in [5.41, 5.74) is -0.0799. The fourth-order valence-corrected chi connectivity index (χ4v) is 1.74. The summed E-state index contributed by atoms with van der Waals surface area (Å²) in [6.07, 6.45) is -5.04. The molecule has 2 rings (SSSR count). The molecule has 0 aliphatic rings. The maximum absolute atomic E-state index is 12.3. The van der Waals surface area contributed by atoms with E-state index in [9.17, 15) is 27.9 Å². The number of anilines is 2. The van der Waals surface area contributed by atoms with Crippen LogP contribution in [0.2, 0.25) is 0 Å². The zero-order chi connectivity index (χ0) is 17.0. The van der Waals surface area contributed by atoms with E-state index in [1.807, 2.05) is 0 Å².